The van der Waals surface area contributed by atoms with Crippen molar-refractivity contribution >= 4 is 0 Å². The quantitative estimate of drug-likeness (QED) is 0.472. The minimum atomic E-state index is 0.410. The van der Waals surface area contributed by atoms with E-state index in [-0.39, 0.29) is 0 Å². The normalized spacial score (nSPS) is 54.0. The van der Waals surface area contributed by atoms with Crippen molar-refractivity contribution in [1.82, 2.24) is 0 Å². The first-order valence-electron chi connectivity index (χ1n) is 14.2. The summed E-state index contributed by atoms with van der Waals surface area (Å²) in [6.45, 7) is 3.52. The molecule has 0 radical (unpaired) electrons. The van der Waals surface area contributed by atoms with Crippen molar-refractivity contribution < 1.29 is 18.9 Å². The fourth-order valence-electron chi connectivity index (χ4n) is 9.94. The minimum Gasteiger partial charge on any atom is -0.375 e. The largest absolute Gasteiger partial charge is 0.375 e. The van der Waals surface area contributed by atoms with Crippen LogP contribution in [0.2, 0.25) is 0 Å². The highest BCUT2D eigenvalue weighted by Crippen LogP contribution is 2.70. The summed E-state index contributed by atoms with van der Waals surface area (Å²) in [7, 11) is 0. The Morgan fingerprint density at radius 2 is 0.938 bits per heavy atom. The molecule has 2 atom stereocenters. The van der Waals surface area contributed by atoms with Gasteiger partial charge in [-0.05, 0) is 124 Å². The molecule has 0 spiro atoms. The van der Waals surface area contributed by atoms with Gasteiger partial charge >= 0.3 is 0 Å². The molecule has 8 aliphatic rings. The second-order valence-electron chi connectivity index (χ2n) is 12.8. The minimum absolute atomic E-state index is 0.410. The Morgan fingerprint density at radius 1 is 0.531 bits per heavy atom. The highest BCUT2D eigenvalue weighted by molar-refractivity contribution is 5.11. The molecule has 2 heterocycles. The van der Waals surface area contributed by atoms with Gasteiger partial charge in [-0.2, -0.15) is 0 Å². The third-order valence-electron chi connectivity index (χ3n) is 11.2. The SMILES string of the molecule is C1C2CC3CC1CC(C2)C3(C1CCC(OCC2CO2)CC1)C1CCC(OCC2CO2)CC1. The second kappa shape index (κ2) is 8.50. The predicted molar refractivity (Wildman–Crippen MR) is 122 cm³/mol. The van der Waals surface area contributed by atoms with E-state index in [9.17, 15) is 0 Å². The molecular weight excluding hydrogens is 400 g/mol. The molecule has 6 saturated carbocycles. The number of hydrogen-bond donors (Lipinski definition) is 0. The Labute approximate surface area is 194 Å². The van der Waals surface area contributed by atoms with Gasteiger partial charge in [-0.15, -0.1) is 0 Å². The molecule has 4 heteroatoms. The maximum absolute atomic E-state index is 6.25. The fraction of sp³-hybridized carbons (Fsp3) is 1.00. The van der Waals surface area contributed by atoms with E-state index in [1.807, 2.05) is 0 Å². The van der Waals surface area contributed by atoms with Gasteiger partial charge in [0.2, 0.25) is 0 Å². The van der Waals surface area contributed by atoms with E-state index < -0.39 is 0 Å². The molecule has 2 aliphatic heterocycles. The second-order valence-corrected chi connectivity index (χ2v) is 12.8. The number of hydrogen-bond acceptors (Lipinski definition) is 4. The molecule has 0 aromatic heterocycles. The van der Waals surface area contributed by atoms with Gasteiger partial charge in [0.05, 0.1) is 38.6 Å². The standard InChI is InChI=1S/C28H44O4/c1-5-24(29-14-26-16-31-26)6-2-20(1)28(22-10-18-9-19(12-22)13-23(28)11-18)21-3-7-25(8-4-21)30-15-27-17-32-27/h18-27H,1-17H2. The van der Waals surface area contributed by atoms with Crippen LogP contribution in [0.5, 0.6) is 0 Å². The average Bonchev–Trinajstić information content (AvgIpc) is 3.73. The Balaban J connectivity index is 1.06. The van der Waals surface area contributed by atoms with Crippen LogP contribution in [-0.2, 0) is 18.9 Å². The van der Waals surface area contributed by atoms with Crippen molar-refractivity contribution in [2.45, 2.75) is 108 Å². The summed E-state index contributed by atoms with van der Waals surface area (Å²) in [4.78, 5) is 0. The van der Waals surface area contributed by atoms with Crippen molar-refractivity contribution in [2.24, 2.45) is 40.9 Å². The molecule has 0 aromatic carbocycles. The summed E-state index contributed by atoms with van der Waals surface area (Å²) in [5, 5.41) is 0. The lowest BCUT2D eigenvalue weighted by atomic mass is 9.37. The van der Waals surface area contributed by atoms with E-state index >= 15 is 0 Å². The van der Waals surface area contributed by atoms with Crippen LogP contribution >= 0.6 is 0 Å². The van der Waals surface area contributed by atoms with Crippen LogP contribution in [0.15, 0.2) is 0 Å². The molecule has 180 valence electrons. The van der Waals surface area contributed by atoms with Crippen LogP contribution in [-0.4, -0.2) is 50.8 Å². The summed E-state index contributed by atoms with van der Waals surface area (Å²) in [5.74, 6) is 6.12. The van der Waals surface area contributed by atoms with Crippen LogP contribution in [0.25, 0.3) is 0 Å². The summed E-state index contributed by atoms with van der Waals surface area (Å²) < 4.78 is 23.3. The average molecular weight is 445 g/mol. The van der Waals surface area contributed by atoms with Gasteiger partial charge in [-0.3, -0.25) is 0 Å². The Hall–Kier alpha value is -0.160. The van der Waals surface area contributed by atoms with E-state index in [0.717, 1.165) is 61.9 Å². The van der Waals surface area contributed by atoms with Crippen LogP contribution in [0.1, 0.15) is 83.5 Å². The zero-order valence-electron chi connectivity index (χ0n) is 19.9. The Kier molecular flexibility index (Phi) is 5.62. The summed E-state index contributed by atoms with van der Waals surface area (Å²) in [6, 6.07) is 0. The topological polar surface area (TPSA) is 43.5 Å². The van der Waals surface area contributed by atoms with Gasteiger partial charge in [-0.1, -0.05) is 0 Å². The summed E-state index contributed by atoms with van der Waals surface area (Å²) in [5.41, 5.74) is 0.655. The van der Waals surface area contributed by atoms with E-state index in [1.165, 1.54) is 51.4 Å². The summed E-state index contributed by atoms with van der Waals surface area (Å²) >= 11 is 0. The van der Waals surface area contributed by atoms with Crippen LogP contribution in [0, 0.1) is 40.9 Å². The summed E-state index contributed by atoms with van der Waals surface area (Å²) in [6.07, 6.45) is 20.5. The fourth-order valence-corrected chi connectivity index (χ4v) is 9.94. The third kappa shape index (κ3) is 3.89. The van der Waals surface area contributed by atoms with E-state index in [4.69, 9.17) is 18.9 Å². The first-order chi connectivity index (χ1) is 15.8. The molecule has 2 unspecified atom stereocenters. The molecule has 6 aliphatic carbocycles. The number of ether oxygens (including phenoxy) is 4. The molecule has 32 heavy (non-hydrogen) atoms. The van der Waals surface area contributed by atoms with Crippen LogP contribution in [0.3, 0.4) is 0 Å². The van der Waals surface area contributed by atoms with Gasteiger partial charge < -0.3 is 18.9 Å². The molecular formula is C28H44O4. The third-order valence-corrected chi connectivity index (χ3v) is 11.2. The lowest BCUT2D eigenvalue weighted by Crippen LogP contribution is -2.60. The Bertz CT molecular complexity index is 588. The van der Waals surface area contributed by atoms with Crippen molar-refractivity contribution in [3.63, 3.8) is 0 Å². The molecule has 4 bridgehead atoms. The molecule has 4 nitrogen and oxygen atoms in total. The van der Waals surface area contributed by atoms with Crippen molar-refractivity contribution in [1.29, 1.82) is 0 Å². The predicted octanol–water partition coefficient (Wildman–Crippen LogP) is 5.38. The van der Waals surface area contributed by atoms with E-state index in [2.05, 4.69) is 0 Å². The first-order valence-corrected chi connectivity index (χ1v) is 14.2. The van der Waals surface area contributed by atoms with Crippen LogP contribution < -0.4 is 0 Å². The van der Waals surface area contributed by atoms with Gasteiger partial charge in [0, 0.05) is 0 Å². The van der Waals surface area contributed by atoms with Gasteiger partial charge in [0.1, 0.15) is 12.2 Å². The highest BCUT2D eigenvalue weighted by atomic mass is 16.6. The number of epoxide rings is 2. The highest BCUT2D eigenvalue weighted by Gasteiger charge is 2.62. The lowest BCUT2D eigenvalue weighted by molar-refractivity contribution is -0.193. The molecule has 8 rings (SSSR count). The Morgan fingerprint density at radius 3 is 1.31 bits per heavy atom. The maximum Gasteiger partial charge on any atom is 0.104 e. The van der Waals surface area contributed by atoms with Gasteiger partial charge in [-0.25, -0.2) is 0 Å². The molecule has 0 aromatic rings. The maximum atomic E-state index is 6.25. The monoisotopic (exact) mass is 444 g/mol. The number of rotatable bonds is 8. The van der Waals surface area contributed by atoms with Crippen LogP contribution in [0.4, 0.5) is 0 Å². The van der Waals surface area contributed by atoms with Gasteiger partial charge in [0.15, 0.2) is 0 Å². The first kappa shape index (κ1) is 21.1. The van der Waals surface area contributed by atoms with Gasteiger partial charge in [0.25, 0.3) is 0 Å². The van der Waals surface area contributed by atoms with Crippen molar-refractivity contribution in [2.75, 3.05) is 26.4 Å². The smallest absolute Gasteiger partial charge is 0.104 e. The molecule has 2 saturated heterocycles. The molecule has 8 fully saturated rings. The van der Waals surface area contributed by atoms with E-state index in [0.29, 0.717) is 29.8 Å². The van der Waals surface area contributed by atoms with E-state index in [1.54, 1.807) is 32.1 Å². The molecule has 0 amide bonds. The zero-order valence-corrected chi connectivity index (χ0v) is 19.9. The lowest BCUT2D eigenvalue weighted by Gasteiger charge is -2.68. The zero-order chi connectivity index (χ0) is 21.1. The van der Waals surface area contributed by atoms with Crippen molar-refractivity contribution in [3.05, 3.63) is 0 Å². The van der Waals surface area contributed by atoms with Crippen molar-refractivity contribution in [3.8, 4) is 0 Å². The molecule has 0 N–H and O–H groups in total.